The Morgan fingerprint density at radius 1 is 0.680 bits per heavy atom. The summed E-state index contributed by atoms with van der Waals surface area (Å²) in [5, 5.41) is 0. The van der Waals surface area contributed by atoms with Crippen LogP contribution in [0.15, 0.2) is 0 Å². The van der Waals surface area contributed by atoms with E-state index in [4.69, 9.17) is 0 Å². The Labute approximate surface area is 147 Å². The second kappa shape index (κ2) is 6.98. The summed E-state index contributed by atoms with van der Waals surface area (Å²) in [5.41, 5.74) is 0. The van der Waals surface area contributed by atoms with Crippen molar-refractivity contribution in [1.29, 1.82) is 0 Å². The Morgan fingerprint density at radius 3 is 1.24 bits per heavy atom. The number of hydrogen-bond acceptors (Lipinski definition) is 15. The molecule has 2 saturated heterocycles. The molecule has 0 spiro atoms. The van der Waals surface area contributed by atoms with Crippen molar-refractivity contribution in [3.8, 4) is 0 Å². The van der Waals surface area contributed by atoms with Crippen LogP contribution in [0.4, 0.5) is 28.8 Å². The van der Waals surface area contributed by atoms with E-state index in [0.29, 0.717) is 0 Å². The topological polar surface area (TPSA) is 185 Å². The first-order valence-electron chi connectivity index (χ1n) is 5.90. The molecule has 2 fully saturated rings. The molecule has 0 aromatic rings. The number of rotatable bonds is 2. The van der Waals surface area contributed by atoms with Crippen LogP contribution in [-0.4, -0.2) is 76.2 Å². The fourth-order valence-electron chi connectivity index (χ4n) is 1.36. The van der Waals surface area contributed by atoms with Gasteiger partial charge in [0.15, 0.2) is 0 Å². The molecule has 0 unspecified atom stereocenters. The first-order valence-corrected chi connectivity index (χ1v) is 18.6. The van der Waals surface area contributed by atoms with Crippen LogP contribution in [0.1, 0.15) is 0 Å². The predicted octanol–water partition coefficient (Wildman–Crippen LogP) is 1.02. The van der Waals surface area contributed by atoms with Gasteiger partial charge in [0, 0.05) is 0 Å². The molecule has 0 aromatic carbocycles. The first-order chi connectivity index (χ1) is 11.5. The maximum absolute atomic E-state index is 11.5. The van der Waals surface area contributed by atoms with Gasteiger partial charge >= 0.3 is 147 Å². The summed E-state index contributed by atoms with van der Waals surface area (Å²) in [4.78, 5) is 68.8. The Kier molecular flexibility index (Phi) is 5.34. The number of carbonyl (C=O) groups excluding carboxylic acids is 6. The Balaban J connectivity index is 1.90. The molecule has 0 atom stereocenters. The molecule has 136 valence electrons. The third kappa shape index (κ3) is 5.40. The van der Waals surface area contributed by atoms with Gasteiger partial charge in [0.25, 0.3) is 0 Å². The first kappa shape index (κ1) is 19.1. The van der Waals surface area contributed by atoms with Gasteiger partial charge in [0.2, 0.25) is 0 Å². The molecule has 2 rings (SSSR count). The molecular weight excluding hydrogens is 573 g/mol. The van der Waals surface area contributed by atoms with Crippen molar-refractivity contribution in [1.82, 2.24) is 0 Å². The molecule has 15 nitrogen and oxygen atoms in total. The SMILES string of the molecule is [CH3][Sn]1([O]C(=O)OC(=O)[O][Sn]2([CH3])[O]C(=O)OC(=O)[O]2)[O]C(=O)OC(=O)[O]1. The van der Waals surface area contributed by atoms with Gasteiger partial charge in [-0.2, -0.15) is 0 Å². The summed E-state index contributed by atoms with van der Waals surface area (Å²) in [7, 11) is 0. The van der Waals surface area contributed by atoms with Gasteiger partial charge in [-0.25, -0.2) is 0 Å². The van der Waals surface area contributed by atoms with Crippen LogP contribution in [0.3, 0.4) is 0 Å². The molecular formula is C8H6O15Sn2. The van der Waals surface area contributed by atoms with E-state index < -0.39 is 76.2 Å². The summed E-state index contributed by atoms with van der Waals surface area (Å²) in [6, 6.07) is 0. The fraction of sp³-hybridized carbons (Fsp3) is 0.250. The van der Waals surface area contributed by atoms with Gasteiger partial charge in [-0.3, -0.25) is 0 Å². The van der Waals surface area contributed by atoms with Crippen molar-refractivity contribution < 1.29 is 61.4 Å². The van der Waals surface area contributed by atoms with Gasteiger partial charge in [0.1, 0.15) is 0 Å². The third-order valence-corrected chi connectivity index (χ3v) is 11.3. The van der Waals surface area contributed by atoms with Crippen molar-refractivity contribution in [3.63, 3.8) is 0 Å². The quantitative estimate of drug-likeness (QED) is 0.195. The second-order valence-electron chi connectivity index (χ2n) is 4.14. The van der Waals surface area contributed by atoms with Gasteiger partial charge in [-0.1, -0.05) is 0 Å². The van der Waals surface area contributed by atoms with Crippen molar-refractivity contribution in [2.45, 2.75) is 9.88 Å². The molecule has 2 aliphatic rings. The molecule has 2 heterocycles. The van der Waals surface area contributed by atoms with Gasteiger partial charge in [0.05, 0.1) is 0 Å². The van der Waals surface area contributed by atoms with E-state index in [1.54, 1.807) is 0 Å². The van der Waals surface area contributed by atoms with Crippen LogP contribution < -0.4 is 0 Å². The van der Waals surface area contributed by atoms with Crippen molar-refractivity contribution in [2.75, 3.05) is 0 Å². The summed E-state index contributed by atoms with van der Waals surface area (Å²) in [6.07, 6.45) is -9.29. The predicted molar refractivity (Wildman–Crippen MR) is 65.4 cm³/mol. The standard InChI is InChI=1S/3C2H2O5.2CH3.2Sn/c3*3-1(4)7-2(5)6;;;;/h3*(H,3,4)(H,5,6);2*1H3;;/q;;;;;2*+3/p-6. The van der Waals surface area contributed by atoms with E-state index in [1.165, 1.54) is 0 Å². The monoisotopic (exact) mass is 582 g/mol. The number of cyclic esters (lactones) is 4. The number of hydrogen-bond donors (Lipinski definition) is 0. The van der Waals surface area contributed by atoms with Gasteiger partial charge in [-0.05, 0) is 0 Å². The van der Waals surface area contributed by atoms with E-state index in [1.807, 2.05) is 0 Å². The molecule has 17 heteroatoms. The van der Waals surface area contributed by atoms with E-state index in [9.17, 15) is 28.8 Å². The zero-order valence-corrected chi connectivity index (χ0v) is 17.8. The van der Waals surface area contributed by atoms with Crippen LogP contribution in [0, 0.1) is 0 Å². The zero-order chi connectivity index (χ0) is 18.8. The van der Waals surface area contributed by atoms with Crippen LogP contribution in [-0.2, 0) is 32.7 Å². The molecule has 0 aromatic heterocycles. The minimum atomic E-state index is -4.98. The molecule has 0 aliphatic carbocycles. The fourth-order valence-corrected chi connectivity index (χ4v) is 7.97. The van der Waals surface area contributed by atoms with Crippen LogP contribution in [0.2, 0.25) is 9.88 Å². The van der Waals surface area contributed by atoms with Crippen molar-refractivity contribution in [2.24, 2.45) is 0 Å². The minimum absolute atomic E-state index is 1.02. The van der Waals surface area contributed by atoms with E-state index in [-0.39, 0.29) is 0 Å². The zero-order valence-electron chi connectivity index (χ0n) is 12.1. The normalized spacial score (nSPS) is 20.4. The second-order valence-corrected chi connectivity index (χ2v) is 17.5. The van der Waals surface area contributed by atoms with Crippen LogP contribution >= 0.6 is 0 Å². The van der Waals surface area contributed by atoms with Crippen LogP contribution in [0.25, 0.3) is 0 Å². The van der Waals surface area contributed by atoms with Crippen LogP contribution in [0.5, 0.6) is 0 Å². The average molecular weight is 580 g/mol. The molecule has 0 N–H and O–H groups in total. The number of carbonyl (C=O) groups is 6. The summed E-state index contributed by atoms with van der Waals surface area (Å²) >= 11 is -9.96. The average Bonchev–Trinajstić information content (AvgIpc) is 2.31. The molecule has 2 aliphatic heterocycles. The van der Waals surface area contributed by atoms with E-state index in [2.05, 4.69) is 32.7 Å². The van der Waals surface area contributed by atoms with Gasteiger partial charge < -0.3 is 0 Å². The van der Waals surface area contributed by atoms with Crippen molar-refractivity contribution in [3.05, 3.63) is 0 Å². The van der Waals surface area contributed by atoms with E-state index in [0.717, 1.165) is 9.88 Å². The molecule has 0 amide bonds. The Morgan fingerprint density at radius 2 is 0.960 bits per heavy atom. The molecule has 0 saturated carbocycles. The molecule has 0 radical (unpaired) electrons. The molecule has 0 bridgehead atoms. The Bertz CT molecular complexity index is 580. The van der Waals surface area contributed by atoms with E-state index >= 15 is 0 Å². The third-order valence-electron chi connectivity index (χ3n) is 2.11. The molecule has 25 heavy (non-hydrogen) atoms. The summed E-state index contributed by atoms with van der Waals surface area (Å²) < 4.78 is 38.8. The number of ether oxygens (including phenoxy) is 3. The maximum atomic E-state index is 11.5. The summed E-state index contributed by atoms with van der Waals surface area (Å²) in [5.74, 6) is 0. The van der Waals surface area contributed by atoms with Crippen molar-refractivity contribution >= 4 is 76.2 Å². The Hall–Kier alpha value is -2.18. The summed E-state index contributed by atoms with van der Waals surface area (Å²) in [6.45, 7) is 0. The van der Waals surface area contributed by atoms with Gasteiger partial charge in [-0.15, -0.1) is 0 Å².